The van der Waals surface area contributed by atoms with Crippen molar-refractivity contribution in [2.24, 2.45) is 10.9 Å². The average molecular weight is 678 g/mol. The van der Waals surface area contributed by atoms with Crippen LogP contribution in [0.4, 0.5) is 0 Å². The van der Waals surface area contributed by atoms with E-state index in [9.17, 15) is 29.7 Å². The zero-order valence-electron chi connectivity index (χ0n) is 26.7. The van der Waals surface area contributed by atoms with Crippen molar-refractivity contribution in [1.29, 1.82) is 0 Å². The zero-order valence-corrected chi connectivity index (χ0v) is 26.7. The average Bonchev–Trinajstić information content (AvgIpc) is 3.64. The minimum Gasteiger partial charge on any atom is -0.508 e. The molecule has 0 radical (unpaired) electrons. The lowest BCUT2D eigenvalue weighted by atomic mass is 9.98. The Bertz CT molecular complexity index is 1860. The number of aliphatic hydroxyl groups is 2. The van der Waals surface area contributed by atoms with Crippen molar-refractivity contribution < 1.29 is 58.5 Å². The maximum Gasteiger partial charge on any atom is 0.317 e. The summed E-state index contributed by atoms with van der Waals surface area (Å²) in [5.41, 5.74) is 2.47. The fourth-order valence-electron chi connectivity index (χ4n) is 5.98. The number of aliphatic hydroxyl groups excluding tert-OH is 2. The molecule has 258 valence electrons. The number of hydroxylamine groups is 2. The number of carboxylic acids is 1. The van der Waals surface area contributed by atoms with E-state index in [2.05, 4.69) is 18.8 Å². The van der Waals surface area contributed by atoms with E-state index in [4.69, 9.17) is 28.6 Å². The van der Waals surface area contributed by atoms with E-state index in [-0.39, 0.29) is 33.9 Å². The molecule has 1 aromatic heterocycles. The van der Waals surface area contributed by atoms with Gasteiger partial charge in [-0.3, -0.25) is 19.4 Å². The van der Waals surface area contributed by atoms with E-state index in [0.29, 0.717) is 22.1 Å². The van der Waals surface area contributed by atoms with E-state index in [1.807, 2.05) is 12.3 Å². The number of phenolic OH excluding ortho intramolecular Hbond substituents is 1. The van der Waals surface area contributed by atoms with Gasteiger partial charge in [-0.15, -0.1) is 0 Å². The molecular weight excluding hydrogens is 640 g/mol. The molecule has 1 fully saturated rings. The molecule has 2 unspecified atom stereocenters. The number of nitrogens with zero attached hydrogens (tertiary/aromatic N) is 1. The number of carbonyl (C=O) groups is 2. The maximum absolute atomic E-state index is 13.3. The second-order valence-corrected chi connectivity index (χ2v) is 12.5. The molecule has 0 amide bonds. The molecule has 2 aromatic carbocycles. The van der Waals surface area contributed by atoms with Crippen molar-refractivity contribution in [3.8, 4) is 22.6 Å². The molecular formula is C35H37N2O12+. The molecule has 0 spiro atoms. The third-order valence-corrected chi connectivity index (χ3v) is 8.56. The van der Waals surface area contributed by atoms with Gasteiger partial charge in [0.1, 0.15) is 66.6 Å². The Labute approximate surface area is 280 Å². The highest BCUT2D eigenvalue weighted by atomic mass is 16.8. The first-order valence-corrected chi connectivity index (χ1v) is 15.9. The number of esters is 1. The first-order valence-electron chi connectivity index (χ1n) is 15.9. The molecule has 14 heteroatoms. The van der Waals surface area contributed by atoms with Gasteiger partial charge in [0.15, 0.2) is 11.5 Å². The summed E-state index contributed by atoms with van der Waals surface area (Å²) in [5, 5.41) is 41.7. The number of allylic oxidation sites excluding steroid dienone is 1. The molecule has 49 heavy (non-hydrogen) atoms. The van der Waals surface area contributed by atoms with Crippen molar-refractivity contribution in [2.45, 2.75) is 69.9 Å². The standard InChI is InChI=1S/C35H36N2O12/c1-18(2)3-10-25-30-20(11-12-36-30)15-37(25)49-34-33(44)32(43)27(17-46-29(41)14-28(39)40)48-35(34)47-22-8-9-23-26(13-22)45-16-24(31(23)42)19-4-6-21(38)7-5-19/h4-9,11-13,15-16,18,25,27,32-35,38,43-44H,3,10,14,17H2,1-2H3,(H,39,40)/p+1/t25?,27-,32-,33+,34-,35-/m0/s1. The van der Waals surface area contributed by atoms with Gasteiger partial charge in [0.25, 0.3) is 0 Å². The van der Waals surface area contributed by atoms with Gasteiger partial charge in [0.2, 0.25) is 12.4 Å². The van der Waals surface area contributed by atoms with E-state index in [0.717, 1.165) is 24.1 Å². The number of nitrogens with one attached hydrogen (secondary N) is 1. The fraction of sp³-hybridized carbons (Fsp3) is 0.371. The number of quaternary nitrogens is 1. The number of benzene rings is 2. The van der Waals surface area contributed by atoms with Gasteiger partial charge >= 0.3 is 11.9 Å². The summed E-state index contributed by atoms with van der Waals surface area (Å²) in [6, 6.07) is 10.4. The Morgan fingerprint density at radius 2 is 1.86 bits per heavy atom. The minimum atomic E-state index is -1.60. The smallest absolute Gasteiger partial charge is 0.317 e. The molecule has 7 atom stereocenters. The SMILES string of the molecule is CC(C)CCC1C2=NC=CC2=C[NH+]1O[C@@H]1[C@@H](Oc2ccc3c(=O)c(-c4ccc(O)cc4)coc3c2)O[C@@H](COC(=O)CC(=O)O)[C@H](O)[C@H]1O. The lowest BCUT2D eigenvalue weighted by Gasteiger charge is -2.41. The molecule has 14 nitrogen and oxygen atoms in total. The van der Waals surface area contributed by atoms with Crippen LogP contribution in [0.2, 0.25) is 0 Å². The fourth-order valence-corrected chi connectivity index (χ4v) is 5.98. The zero-order chi connectivity index (χ0) is 34.8. The van der Waals surface area contributed by atoms with Crippen LogP contribution >= 0.6 is 0 Å². The summed E-state index contributed by atoms with van der Waals surface area (Å²) in [4.78, 5) is 47.1. The summed E-state index contributed by atoms with van der Waals surface area (Å²) in [6.07, 6.45) is 0.274. The van der Waals surface area contributed by atoms with E-state index in [1.54, 1.807) is 18.3 Å². The van der Waals surface area contributed by atoms with Gasteiger partial charge in [-0.2, -0.15) is 9.90 Å². The van der Waals surface area contributed by atoms with Gasteiger partial charge in [0, 0.05) is 18.7 Å². The molecule has 3 aromatic rings. The number of hydrogen-bond donors (Lipinski definition) is 5. The third kappa shape index (κ3) is 7.43. The Morgan fingerprint density at radius 1 is 1.08 bits per heavy atom. The highest BCUT2D eigenvalue weighted by molar-refractivity contribution is 6.08. The van der Waals surface area contributed by atoms with Crippen molar-refractivity contribution in [2.75, 3.05) is 6.61 Å². The predicted octanol–water partition coefficient (Wildman–Crippen LogP) is 1.86. The number of fused-ring (bicyclic) bond motifs is 2. The second kappa shape index (κ2) is 14.3. The number of rotatable bonds is 12. The lowest BCUT2D eigenvalue weighted by molar-refractivity contribution is -1.07. The number of phenols is 1. The molecule has 1 saturated heterocycles. The van der Waals surface area contributed by atoms with Crippen molar-refractivity contribution in [3.05, 3.63) is 83.0 Å². The van der Waals surface area contributed by atoms with Crippen LogP contribution in [0, 0.1) is 5.92 Å². The first-order chi connectivity index (χ1) is 23.5. The number of carbonyl (C=O) groups excluding carboxylic acids is 1. The van der Waals surface area contributed by atoms with Crippen LogP contribution in [0.25, 0.3) is 22.1 Å². The highest BCUT2D eigenvalue weighted by Crippen LogP contribution is 2.30. The number of aromatic hydroxyl groups is 1. The topological polar surface area (TPSA) is 199 Å². The molecule has 6 rings (SSSR count). The number of aliphatic imine (C=N–C) groups is 1. The van der Waals surface area contributed by atoms with Gasteiger partial charge < -0.3 is 39.1 Å². The van der Waals surface area contributed by atoms with Crippen LogP contribution < -0.4 is 15.2 Å². The highest BCUT2D eigenvalue weighted by Gasteiger charge is 2.51. The molecule has 3 aliphatic heterocycles. The van der Waals surface area contributed by atoms with Crippen molar-refractivity contribution >= 4 is 28.6 Å². The van der Waals surface area contributed by atoms with Gasteiger partial charge in [-0.1, -0.05) is 26.0 Å². The molecule has 0 bridgehead atoms. The molecule has 0 aliphatic carbocycles. The number of ether oxygens (including phenoxy) is 3. The van der Waals surface area contributed by atoms with E-state index >= 15 is 0 Å². The van der Waals surface area contributed by atoms with Crippen molar-refractivity contribution in [3.63, 3.8) is 0 Å². The Morgan fingerprint density at radius 3 is 2.59 bits per heavy atom. The molecule has 4 heterocycles. The summed E-state index contributed by atoms with van der Waals surface area (Å²) in [7, 11) is 0. The van der Waals surface area contributed by atoms with Crippen molar-refractivity contribution in [1.82, 2.24) is 0 Å². The molecule has 5 N–H and O–H groups in total. The summed E-state index contributed by atoms with van der Waals surface area (Å²) in [5.74, 6) is -1.79. The Balaban J connectivity index is 1.27. The van der Waals surface area contributed by atoms with Crippen LogP contribution in [-0.4, -0.2) is 81.4 Å². The molecule has 0 saturated carbocycles. The van der Waals surface area contributed by atoms with E-state index < -0.39 is 55.7 Å². The van der Waals surface area contributed by atoms with Crippen LogP contribution in [0.15, 0.2) is 87.0 Å². The number of aliphatic carboxylic acids is 1. The first kappa shape index (κ1) is 34.0. The lowest BCUT2D eigenvalue weighted by Crippen LogP contribution is -3.11. The Hall–Kier alpha value is -4.86. The van der Waals surface area contributed by atoms with Crippen LogP contribution in [0.1, 0.15) is 33.1 Å². The quantitative estimate of drug-likeness (QED) is 0.138. The van der Waals surface area contributed by atoms with Crippen LogP contribution in [0.5, 0.6) is 11.5 Å². The monoisotopic (exact) mass is 677 g/mol. The van der Waals surface area contributed by atoms with Gasteiger partial charge in [0.05, 0.1) is 16.5 Å². The maximum atomic E-state index is 13.3. The summed E-state index contributed by atoms with van der Waals surface area (Å²) >= 11 is 0. The van der Waals surface area contributed by atoms with Crippen LogP contribution in [-0.2, 0) is 23.9 Å². The largest absolute Gasteiger partial charge is 0.508 e. The predicted molar refractivity (Wildman–Crippen MR) is 172 cm³/mol. The summed E-state index contributed by atoms with van der Waals surface area (Å²) in [6.45, 7) is 3.66. The second-order valence-electron chi connectivity index (χ2n) is 12.5. The minimum absolute atomic E-state index is 0.0590. The normalized spacial score (nSPS) is 26.0. The van der Waals surface area contributed by atoms with Gasteiger partial charge in [-0.25, -0.2) is 0 Å². The van der Waals surface area contributed by atoms with E-state index in [1.165, 1.54) is 36.6 Å². The summed E-state index contributed by atoms with van der Waals surface area (Å²) < 4.78 is 23.0. The number of carboxylic acid groups (broad SMARTS) is 1. The number of hydrogen-bond acceptors (Lipinski definition) is 12. The third-order valence-electron chi connectivity index (χ3n) is 8.56. The van der Waals surface area contributed by atoms with Crippen LogP contribution in [0.3, 0.4) is 0 Å². The Kier molecular flexibility index (Phi) is 9.94. The molecule has 3 aliphatic rings. The van der Waals surface area contributed by atoms with Gasteiger partial charge in [-0.05, 0) is 48.2 Å².